The molecule has 1 aromatic carbocycles. The lowest BCUT2D eigenvalue weighted by Gasteiger charge is -2.38. The predicted octanol–water partition coefficient (Wildman–Crippen LogP) is 4.41. The third-order valence-corrected chi connectivity index (χ3v) is 10.6. The summed E-state index contributed by atoms with van der Waals surface area (Å²) < 4.78 is 19.0. The predicted molar refractivity (Wildman–Crippen MR) is 108 cm³/mol. The molecule has 3 rings (SSSR count). The van der Waals surface area contributed by atoms with Gasteiger partial charge in [0.15, 0.2) is 14.1 Å². The van der Waals surface area contributed by atoms with Gasteiger partial charge in [-0.2, -0.15) is 0 Å². The molecule has 26 heavy (non-hydrogen) atoms. The van der Waals surface area contributed by atoms with Crippen molar-refractivity contribution in [3.8, 4) is 0 Å². The van der Waals surface area contributed by atoms with Crippen molar-refractivity contribution in [1.29, 1.82) is 0 Å². The summed E-state index contributed by atoms with van der Waals surface area (Å²) in [6.45, 7) is 18.0. The fourth-order valence-electron chi connectivity index (χ4n) is 3.61. The second-order valence-electron chi connectivity index (χ2n) is 9.69. The van der Waals surface area contributed by atoms with E-state index in [1.54, 1.807) is 0 Å². The molecule has 2 aliphatic heterocycles. The number of benzene rings is 1. The van der Waals surface area contributed by atoms with Crippen molar-refractivity contribution in [3.63, 3.8) is 0 Å². The SMILES string of the molecule is CC1(C)O[C@H]2[C@H](CN(Cc3ccccc3)[C@H]2CO[Si](C)(C)C(C)(C)C)O1. The van der Waals surface area contributed by atoms with Crippen LogP contribution in [0.4, 0.5) is 0 Å². The molecule has 0 aliphatic carbocycles. The molecule has 0 aromatic heterocycles. The van der Waals surface area contributed by atoms with Crippen LogP contribution in [0.15, 0.2) is 30.3 Å². The quantitative estimate of drug-likeness (QED) is 0.711. The molecule has 1 aromatic rings. The highest BCUT2D eigenvalue weighted by molar-refractivity contribution is 6.74. The van der Waals surface area contributed by atoms with E-state index in [0.717, 1.165) is 13.1 Å². The molecule has 4 nitrogen and oxygen atoms in total. The maximum Gasteiger partial charge on any atom is 0.192 e. The average Bonchev–Trinajstić information content (AvgIpc) is 2.96. The van der Waals surface area contributed by atoms with Crippen molar-refractivity contribution in [1.82, 2.24) is 4.90 Å². The molecule has 3 atom stereocenters. The Balaban J connectivity index is 1.74. The first-order valence-electron chi connectivity index (χ1n) is 9.76. The molecule has 2 aliphatic rings. The molecule has 0 bridgehead atoms. The van der Waals surface area contributed by atoms with Crippen molar-refractivity contribution in [3.05, 3.63) is 35.9 Å². The van der Waals surface area contributed by atoms with Crippen molar-refractivity contribution in [2.24, 2.45) is 0 Å². The van der Waals surface area contributed by atoms with Crippen LogP contribution in [0.2, 0.25) is 18.1 Å². The van der Waals surface area contributed by atoms with Gasteiger partial charge >= 0.3 is 0 Å². The molecule has 2 saturated heterocycles. The van der Waals surface area contributed by atoms with Gasteiger partial charge in [0.05, 0.1) is 12.6 Å². The van der Waals surface area contributed by atoms with Crippen LogP contribution in [-0.4, -0.2) is 50.4 Å². The third-order valence-electron chi connectivity index (χ3n) is 6.13. The van der Waals surface area contributed by atoms with Gasteiger partial charge in [-0.1, -0.05) is 51.1 Å². The Morgan fingerprint density at radius 2 is 1.81 bits per heavy atom. The van der Waals surface area contributed by atoms with Crippen LogP contribution in [0.1, 0.15) is 40.2 Å². The summed E-state index contributed by atoms with van der Waals surface area (Å²) in [5.41, 5.74) is 1.32. The average molecular weight is 378 g/mol. The van der Waals surface area contributed by atoms with Crippen LogP contribution in [0, 0.1) is 0 Å². The molecule has 5 heteroatoms. The molecule has 0 N–H and O–H groups in total. The molecule has 0 spiro atoms. The summed E-state index contributed by atoms with van der Waals surface area (Å²) in [5, 5.41) is 0.210. The molecular formula is C21H35NO3Si. The van der Waals surface area contributed by atoms with Gasteiger partial charge in [-0.05, 0) is 37.5 Å². The first-order chi connectivity index (χ1) is 12.0. The van der Waals surface area contributed by atoms with E-state index < -0.39 is 14.1 Å². The van der Waals surface area contributed by atoms with E-state index in [1.165, 1.54) is 5.56 Å². The zero-order valence-electron chi connectivity index (χ0n) is 17.4. The van der Waals surface area contributed by atoms with Crippen molar-refractivity contribution >= 4 is 8.32 Å². The van der Waals surface area contributed by atoms with Crippen LogP contribution in [0.5, 0.6) is 0 Å². The molecule has 0 radical (unpaired) electrons. The number of rotatable bonds is 5. The minimum Gasteiger partial charge on any atom is -0.415 e. The molecular weight excluding hydrogens is 342 g/mol. The lowest BCUT2D eigenvalue weighted by Crippen LogP contribution is -2.47. The van der Waals surface area contributed by atoms with Crippen molar-refractivity contribution in [2.45, 2.75) is 83.3 Å². The lowest BCUT2D eigenvalue weighted by atomic mass is 10.1. The highest BCUT2D eigenvalue weighted by Crippen LogP contribution is 2.40. The Hall–Kier alpha value is -0.723. The Kier molecular flexibility index (Phi) is 5.41. The van der Waals surface area contributed by atoms with Gasteiger partial charge in [0.2, 0.25) is 0 Å². The Morgan fingerprint density at radius 3 is 2.42 bits per heavy atom. The fraction of sp³-hybridized carbons (Fsp3) is 0.714. The second-order valence-corrected chi connectivity index (χ2v) is 14.5. The van der Waals surface area contributed by atoms with Crippen LogP contribution in [-0.2, 0) is 20.4 Å². The van der Waals surface area contributed by atoms with Gasteiger partial charge in [-0.15, -0.1) is 0 Å². The maximum atomic E-state index is 6.58. The monoisotopic (exact) mass is 377 g/mol. The lowest BCUT2D eigenvalue weighted by molar-refractivity contribution is -0.163. The highest BCUT2D eigenvalue weighted by Gasteiger charge is 2.53. The zero-order chi connectivity index (χ0) is 19.2. The Morgan fingerprint density at radius 1 is 1.15 bits per heavy atom. The number of nitrogens with zero attached hydrogens (tertiary/aromatic N) is 1. The van der Waals surface area contributed by atoms with E-state index in [9.17, 15) is 0 Å². The van der Waals surface area contributed by atoms with Gasteiger partial charge in [-0.25, -0.2) is 0 Å². The van der Waals surface area contributed by atoms with Crippen LogP contribution in [0.3, 0.4) is 0 Å². The Bertz CT molecular complexity index is 611. The summed E-state index contributed by atoms with van der Waals surface area (Å²) in [6.07, 6.45) is 0.209. The molecule has 2 fully saturated rings. The minimum atomic E-state index is -1.80. The van der Waals surface area contributed by atoms with E-state index in [1.807, 2.05) is 13.8 Å². The second kappa shape index (κ2) is 7.02. The van der Waals surface area contributed by atoms with Gasteiger partial charge < -0.3 is 13.9 Å². The van der Waals surface area contributed by atoms with E-state index in [0.29, 0.717) is 6.61 Å². The van der Waals surface area contributed by atoms with E-state index >= 15 is 0 Å². The number of hydrogen-bond donors (Lipinski definition) is 0. The summed E-state index contributed by atoms with van der Waals surface area (Å²) in [5.74, 6) is -0.497. The van der Waals surface area contributed by atoms with E-state index in [4.69, 9.17) is 13.9 Å². The Labute approximate surface area is 159 Å². The summed E-state index contributed by atoms with van der Waals surface area (Å²) >= 11 is 0. The summed E-state index contributed by atoms with van der Waals surface area (Å²) in [6, 6.07) is 10.9. The summed E-state index contributed by atoms with van der Waals surface area (Å²) in [7, 11) is -1.80. The topological polar surface area (TPSA) is 30.9 Å². The molecule has 146 valence electrons. The number of fused-ring (bicyclic) bond motifs is 1. The van der Waals surface area contributed by atoms with Crippen molar-refractivity contribution < 1.29 is 13.9 Å². The summed E-state index contributed by atoms with van der Waals surface area (Å²) in [4.78, 5) is 2.48. The number of ether oxygens (including phenoxy) is 2. The fourth-order valence-corrected chi connectivity index (χ4v) is 4.64. The largest absolute Gasteiger partial charge is 0.415 e. The van der Waals surface area contributed by atoms with Gasteiger partial charge in [0, 0.05) is 13.1 Å². The zero-order valence-corrected chi connectivity index (χ0v) is 18.4. The van der Waals surface area contributed by atoms with Gasteiger partial charge in [-0.3, -0.25) is 4.90 Å². The van der Waals surface area contributed by atoms with Crippen molar-refractivity contribution in [2.75, 3.05) is 13.2 Å². The first kappa shape index (κ1) is 20.0. The van der Waals surface area contributed by atoms with E-state index in [-0.39, 0.29) is 23.3 Å². The third kappa shape index (κ3) is 4.23. The van der Waals surface area contributed by atoms with Crippen LogP contribution in [0.25, 0.3) is 0 Å². The van der Waals surface area contributed by atoms with Gasteiger partial charge in [0.25, 0.3) is 0 Å². The van der Waals surface area contributed by atoms with Crippen LogP contribution < -0.4 is 0 Å². The first-order valence-corrected chi connectivity index (χ1v) is 12.7. The standard InChI is InChI=1S/C21H35NO3Si/c1-20(2,3)26(6,7)23-15-17-19-18(24-21(4,5)25-19)14-22(17)13-16-11-9-8-10-12-16/h8-12,17-19H,13-15H2,1-7H3/t17-,18-,19+/m0/s1. The maximum absolute atomic E-state index is 6.58. The molecule has 0 saturated carbocycles. The number of likely N-dealkylation sites (tertiary alicyclic amines) is 1. The smallest absolute Gasteiger partial charge is 0.192 e. The van der Waals surface area contributed by atoms with Crippen LogP contribution >= 0.6 is 0 Å². The number of hydrogen-bond acceptors (Lipinski definition) is 4. The normalized spacial score (nSPS) is 29.1. The molecule has 2 heterocycles. The minimum absolute atomic E-state index is 0.0819. The molecule has 0 amide bonds. The van der Waals surface area contributed by atoms with Gasteiger partial charge in [0.1, 0.15) is 12.2 Å². The highest BCUT2D eigenvalue weighted by atomic mass is 28.4. The molecule has 0 unspecified atom stereocenters. The van der Waals surface area contributed by atoms with E-state index in [2.05, 4.69) is 69.1 Å².